The SMILES string of the molecule is C#Cc1nc(C(=O)OCC)cs1.CC(C)CCC(N)=O. The number of esters is 1. The van der Waals surface area contributed by atoms with Gasteiger partial charge in [0.25, 0.3) is 0 Å². The van der Waals surface area contributed by atoms with E-state index in [1.807, 2.05) is 0 Å². The molecule has 6 heteroatoms. The number of aromatic nitrogens is 1. The summed E-state index contributed by atoms with van der Waals surface area (Å²) in [5.41, 5.74) is 5.19. The van der Waals surface area contributed by atoms with E-state index in [1.54, 1.807) is 12.3 Å². The Morgan fingerprint density at radius 3 is 2.55 bits per heavy atom. The Hall–Kier alpha value is -1.87. The largest absolute Gasteiger partial charge is 0.461 e. The summed E-state index contributed by atoms with van der Waals surface area (Å²) in [5.74, 6) is 2.31. The maximum absolute atomic E-state index is 11.0. The Kier molecular flexibility index (Phi) is 9.05. The predicted molar refractivity (Wildman–Crippen MR) is 79.3 cm³/mol. The summed E-state index contributed by atoms with van der Waals surface area (Å²) in [6.45, 7) is 6.24. The molecule has 0 aliphatic rings. The topological polar surface area (TPSA) is 82.3 Å². The lowest BCUT2D eigenvalue weighted by molar-refractivity contribution is -0.118. The fourth-order valence-electron chi connectivity index (χ4n) is 1.07. The second-order valence-corrected chi connectivity index (χ2v) is 5.16. The summed E-state index contributed by atoms with van der Waals surface area (Å²) in [5, 5.41) is 2.09. The molecule has 0 atom stereocenters. The molecule has 0 saturated heterocycles. The maximum atomic E-state index is 11.0. The summed E-state index contributed by atoms with van der Waals surface area (Å²) in [7, 11) is 0. The highest BCUT2D eigenvalue weighted by Gasteiger charge is 2.09. The Labute approximate surface area is 123 Å². The van der Waals surface area contributed by atoms with Crippen molar-refractivity contribution in [2.75, 3.05) is 6.61 Å². The van der Waals surface area contributed by atoms with Gasteiger partial charge in [0.05, 0.1) is 6.61 Å². The van der Waals surface area contributed by atoms with Gasteiger partial charge in [-0.15, -0.1) is 17.8 Å². The number of nitrogens with zero attached hydrogens (tertiary/aromatic N) is 1. The number of amides is 1. The second kappa shape index (κ2) is 9.98. The molecule has 1 rings (SSSR count). The van der Waals surface area contributed by atoms with Gasteiger partial charge in [-0.05, 0) is 25.2 Å². The Balaban J connectivity index is 0.000000396. The van der Waals surface area contributed by atoms with Gasteiger partial charge in [-0.3, -0.25) is 4.79 Å². The standard InChI is InChI=1S/C8H7NO2S.C6H13NO/c1-3-7-9-6(5-12-7)8(10)11-4-2;1-5(2)3-4-6(7)8/h1,5H,4H2,2H3;5H,3-4H2,1-2H3,(H2,7,8). The van der Waals surface area contributed by atoms with Crippen LogP contribution < -0.4 is 5.73 Å². The molecule has 1 aromatic rings. The molecule has 2 N–H and O–H groups in total. The van der Waals surface area contributed by atoms with Crippen molar-refractivity contribution in [1.29, 1.82) is 0 Å². The van der Waals surface area contributed by atoms with E-state index in [-0.39, 0.29) is 11.6 Å². The van der Waals surface area contributed by atoms with Crippen LogP contribution in [-0.2, 0) is 9.53 Å². The van der Waals surface area contributed by atoms with E-state index in [1.165, 1.54) is 11.3 Å². The minimum atomic E-state index is -0.421. The molecule has 0 aliphatic heterocycles. The smallest absolute Gasteiger partial charge is 0.357 e. The van der Waals surface area contributed by atoms with Crippen LogP contribution in [0.4, 0.5) is 0 Å². The van der Waals surface area contributed by atoms with Crippen molar-refractivity contribution in [3.05, 3.63) is 16.1 Å². The zero-order chi connectivity index (χ0) is 15.5. The van der Waals surface area contributed by atoms with Gasteiger partial charge in [-0.1, -0.05) is 13.8 Å². The first-order valence-electron chi connectivity index (χ1n) is 6.28. The molecule has 5 nitrogen and oxygen atoms in total. The molecular weight excluding hydrogens is 276 g/mol. The third-order valence-electron chi connectivity index (χ3n) is 2.08. The summed E-state index contributed by atoms with van der Waals surface area (Å²) in [4.78, 5) is 25.0. The van der Waals surface area contributed by atoms with Crippen LogP contribution in [0.15, 0.2) is 5.38 Å². The number of primary amides is 1. The summed E-state index contributed by atoms with van der Waals surface area (Å²) in [6.07, 6.45) is 6.52. The monoisotopic (exact) mass is 296 g/mol. The molecule has 110 valence electrons. The molecule has 0 fully saturated rings. The van der Waals surface area contributed by atoms with Gasteiger partial charge in [0.2, 0.25) is 5.91 Å². The van der Waals surface area contributed by atoms with E-state index in [0.29, 0.717) is 24.0 Å². The molecular formula is C14H20N2O3S. The number of hydrogen-bond donors (Lipinski definition) is 1. The highest BCUT2D eigenvalue weighted by atomic mass is 32.1. The number of thiazole rings is 1. The summed E-state index contributed by atoms with van der Waals surface area (Å²) >= 11 is 1.26. The van der Waals surface area contributed by atoms with Gasteiger partial charge in [0.1, 0.15) is 0 Å². The first-order valence-corrected chi connectivity index (χ1v) is 7.16. The van der Waals surface area contributed by atoms with Crippen molar-refractivity contribution in [2.45, 2.75) is 33.6 Å². The fourth-order valence-corrected chi connectivity index (χ4v) is 1.66. The van der Waals surface area contributed by atoms with Crippen LogP contribution in [-0.4, -0.2) is 23.5 Å². The maximum Gasteiger partial charge on any atom is 0.357 e. The number of hydrogen-bond acceptors (Lipinski definition) is 5. The molecule has 0 aromatic carbocycles. The molecule has 0 bridgehead atoms. The number of carbonyl (C=O) groups is 2. The summed E-state index contributed by atoms with van der Waals surface area (Å²) < 4.78 is 4.72. The van der Waals surface area contributed by atoms with E-state index >= 15 is 0 Å². The van der Waals surface area contributed by atoms with Gasteiger partial charge >= 0.3 is 5.97 Å². The van der Waals surface area contributed by atoms with Crippen molar-refractivity contribution < 1.29 is 14.3 Å². The average molecular weight is 296 g/mol. The lowest BCUT2D eigenvalue weighted by Crippen LogP contribution is -2.10. The van der Waals surface area contributed by atoms with Gasteiger partial charge in [0.15, 0.2) is 10.7 Å². The average Bonchev–Trinajstić information content (AvgIpc) is 2.86. The van der Waals surface area contributed by atoms with Crippen molar-refractivity contribution in [3.63, 3.8) is 0 Å². The predicted octanol–water partition coefficient (Wildman–Crippen LogP) is 2.21. The fraction of sp³-hybridized carbons (Fsp3) is 0.500. The molecule has 1 heterocycles. The number of terminal acetylenes is 1. The minimum Gasteiger partial charge on any atom is -0.461 e. The van der Waals surface area contributed by atoms with Crippen molar-refractivity contribution in [3.8, 4) is 12.3 Å². The minimum absolute atomic E-state index is 0.196. The first-order chi connectivity index (χ1) is 9.40. The van der Waals surface area contributed by atoms with Crippen LogP contribution in [0.1, 0.15) is 49.1 Å². The Bertz CT molecular complexity index is 475. The van der Waals surface area contributed by atoms with Crippen molar-refractivity contribution in [1.82, 2.24) is 4.98 Å². The molecule has 1 aromatic heterocycles. The third kappa shape index (κ3) is 8.27. The lowest BCUT2D eigenvalue weighted by Gasteiger charge is -1.98. The van der Waals surface area contributed by atoms with Crippen LogP contribution >= 0.6 is 11.3 Å². The molecule has 0 unspecified atom stereocenters. The third-order valence-corrected chi connectivity index (χ3v) is 2.85. The Morgan fingerprint density at radius 2 is 2.20 bits per heavy atom. The van der Waals surface area contributed by atoms with Gasteiger partial charge in [-0.25, -0.2) is 9.78 Å². The van der Waals surface area contributed by atoms with Crippen molar-refractivity contribution >= 4 is 23.2 Å². The number of carbonyl (C=O) groups excluding carboxylic acids is 2. The van der Waals surface area contributed by atoms with E-state index in [4.69, 9.17) is 16.9 Å². The molecule has 0 aliphatic carbocycles. The summed E-state index contributed by atoms with van der Waals surface area (Å²) in [6, 6.07) is 0. The van der Waals surface area contributed by atoms with E-state index in [0.717, 1.165) is 6.42 Å². The van der Waals surface area contributed by atoms with Gasteiger partial charge < -0.3 is 10.5 Å². The van der Waals surface area contributed by atoms with Crippen LogP contribution in [0.3, 0.4) is 0 Å². The zero-order valence-electron chi connectivity index (χ0n) is 12.0. The lowest BCUT2D eigenvalue weighted by atomic mass is 10.1. The van der Waals surface area contributed by atoms with Crippen LogP contribution in [0, 0.1) is 18.3 Å². The quantitative estimate of drug-likeness (QED) is 0.667. The van der Waals surface area contributed by atoms with Crippen LogP contribution in [0.5, 0.6) is 0 Å². The first kappa shape index (κ1) is 18.1. The van der Waals surface area contributed by atoms with E-state index < -0.39 is 5.97 Å². The second-order valence-electron chi connectivity index (χ2n) is 4.30. The normalized spacial score (nSPS) is 9.35. The van der Waals surface area contributed by atoms with E-state index in [2.05, 4.69) is 24.8 Å². The highest BCUT2D eigenvalue weighted by molar-refractivity contribution is 7.10. The van der Waals surface area contributed by atoms with E-state index in [9.17, 15) is 9.59 Å². The highest BCUT2D eigenvalue weighted by Crippen LogP contribution is 2.08. The number of rotatable bonds is 5. The van der Waals surface area contributed by atoms with Crippen molar-refractivity contribution in [2.24, 2.45) is 11.7 Å². The van der Waals surface area contributed by atoms with Crippen LogP contribution in [0.2, 0.25) is 0 Å². The zero-order valence-corrected chi connectivity index (χ0v) is 12.8. The number of ether oxygens (including phenoxy) is 1. The van der Waals surface area contributed by atoms with Gasteiger partial charge in [0, 0.05) is 11.8 Å². The molecule has 20 heavy (non-hydrogen) atoms. The molecule has 0 radical (unpaired) electrons. The molecule has 0 spiro atoms. The van der Waals surface area contributed by atoms with Gasteiger partial charge in [-0.2, -0.15) is 0 Å². The van der Waals surface area contributed by atoms with Crippen LogP contribution in [0.25, 0.3) is 0 Å². The molecule has 1 amide bonds. The molecule has 0 saturated carbocycles. The number of nitrogens with two attached hydrogens (primary N) is 1. The Morgan fingerprint density at radius 1 is 1.55 bits per heavy atom.